The van der Waals surface area contributed by atoms with Gasteiger partial charge in [-0.15, -0.1) is 0 Å². The average molecular weight is 244 g/mol. The van der Waals surface area contributed by atoms with Crippen LogP contribution in [0.5, 0.6) is 0 Å². The van der Waals surface area contributed by atoms with Gasteiger partial charge in [0.25, 0.3) is 5.89 Å². The number of ether oxygens (including phenoxy) is 3. The summed E-state index contributed by atoms with van der Waals surface area (Å²) in [6.45, 7) is 8.49. The van der Waals surface area contributed by atoms with E-state index in [1.807, 2.05) is 27.7 Å². The first kappa shape index (κ1) is 14.1. The molecule has 6 heteroatoms. The van der Waals surface area contributed by atoms with Crippen molar-refractivity contribution < 1.29 is 18.7 Å². The Kier molecular flexibility index (Phi) is 5.04. The van der Waals surface area contributed by atoms with E-state index in [0.29, 0.717) is 24.9 Å². The molecule has 6 nitrogen and oxygen atoms in total. The lowest BCUT2D eigenvalue weighted by atomic mass is 10.1. The van der Waals surface area contributed by atoms with E-state index in [1.165, 1.54) is 0 Å². The predicted octanol–water partition coefficient (Wildman–Crippen LogP) is 2.02. The summed E-state index contributed by atoms with van der Waals surface area (Å²) in [5.41, 5.74) is -0.593. The fraction of sp³-hybridized carbons (Fsp3) is 0.818. The summed E-state index contributed by atoms with van der Waals surface area (Å²) in [6.07, 6.45) is -0.612. The molecule has 0 aromatic carbocycles. The van der Waals surface area contributed by atoms with Gasteiger partial charge < -0.3 is 18.7 Å². The molecule has 0 unspecified atom stereocenters. The van der Waals surface area contributed by atoms with Crippen molar-refractivity contribution in [2.45, 2.75) is 39.6 Å². The van der Waals surface area contributed by atoms with E-state index in [9.17, 15) is 0 Å². The average Bonchev–Trinajstić information content (AvgIpc) is 2.78. The molecule has 1 heterocycles. The maximum Gasteiger partial charge on any atom is 0.283 e. The first-order valence-electron chi connectivity index (χ1n) is 5.67. The third kappa shape index (κ3) is 3.49. The highest BCUT2D eigenvalue weighted by Gasteiger charge is 2.28. The van der Waals surface area contributed by atoms with Gasteiger partial charge in [0.2, 0.25) is 12.1 Å². The van der Waals surface area contributed by atoms with Crippen molar-refractivity contribution in [1.82, 2.24) is 10.1 Å². The summed E-state index contributed by atoms with van der Waals surface area (Å²) in [5, 5.41) is 3.87. The molecule has 0 aliphatic carbocycles. The van der Waals surface area contributed by atoms with Gasteiger partial charge in [-0.3, -0.25) is 0 Å². The van der Waals surface area contributed by atoms with Crippen LogP contribution in [0, 0.1) is 0 Å². The number of aromatic nitrogens is 2. The van der Waals surface area contributed by atoms with Crippen molar-refractivity contribution >= 4 is 0 Å². The zero-order valence-corrected chi connectivity index (χ0v) is 11.0. The van der Waals surface area contributed by atoms with Crippen LogP contribution in [0.4, 0.5) is 0 Å². The van der Waals surface area contributed by atoms with Crippen LogP contribution < -0.4 is 0 Å². The zero-order chi connectivity index (χ0) is 12.9. The van der Waals surface area contributed by atoms with Crippen LogP contribution >= 0.6 is 0 Å². The molecule has 0 amide bonds. The predicted molar refractivity (Wildman–Crippen MR) is 60.3 cm³/mol. The Morgan fingerprint density at radius 2 is 1.82 bits per heavy atom. The molecule has 1 rings (SSSR count). The maximum atomic E-state index is 5.37. The molecular formula is C11H20N2O4. The van der Waals surface area contributed by atoms with Crippen LogP contribution in [0.2, 0.25) is 0 Å². The second kappa shape index (κ2) is 6.09. The van der Waals surface area contributed by atoms with Crippen molar-refractivity contribution in [2.24, 2.45) is 0 Å². The summed E-state index contributed by atoms with van der Waals surface area (Å²) in [6, 6.07) is 0. The van der Waals surface area contributed by atoms with Crippen LogP contribution in [0.1, 0.15) is 45.7 Å². The van der Waals surface area contributed by atoms with Crippen molar-refractivity contribution in [3.63, 3.8) is 0 Å². The molecule has 0 aliphatic rings. The second-order valence-electron chi connectivity index (χ2n) is 3.91. The van der Waals surface area contributed by atoms with Crippen LogP contribution in [-0.2, 0) is 19.8 Å². The molecule has 0 aliphatic heterocycles. The number of rotatable bonds is 7. The third-order valence-electron chi connectivity index (χ3n) is 2.33. The number of nitrogens with zero attached hydrogens (tertiary/aromatic N) is 2. The van der Waals surface area contributed by atoms with Gasteiger partial charge >= 0.3 is 0 Å². The highest BCUT2D eigenvalue weighted by molar-refractivity contribution is 4.97. The monoisotopic (exact) mass is 244 g/mol. The van der Waals surface area contributed by atoms with E-state index in [0.717, 1.165) is 0 Å². The lowest BCUT2D eigenvalue weighted by Gasteiger charge is -2.17. The Hall–Kier alpha value is -0.980. The third-order valence-corrected chi connectivity index (χ3v) is 2.33. The zero-order valence-electron chi connectivity index (χ0n) is 11.0. The SMILES string of the molecule is CCOC(OCC)c1nc(C(C)(C)OC)no1. The highest BCUT2D eigenvalue weighted by Crippen LogP contribution is 2.24. The highest BCUT2D eigenvalue weighted by atomic mass is 16.7. The summed E-state index contributed by atoms with van der Waals surface area (Å²) >= 11 is 0. The molecule has 0 saturated heterocycles. The first-order chi connectivity index (χ1) is 8.05. The van der Waals surface area contributed by atoms with Gasteiger partial charge in [-0.25, -0.2) is 0 Å². The van der Waals surface area contributed by atoms with Gasteiger partial charge in [-0.1, -0.05) is 5.16 Å². The Balaban J connectivity index is 2.84. The molecule has 0 atom stereocenters. The van der Waals surface area contributed by atoms with Crippen molar-refractivity contribution in [1.29, 1.82) is 0 Å². The minimum absolute atomic E-state index is 0.314. The lowest BCUT2D eigenvalue weighted by Crippen LogP contribution is -2.21. The summed E-state index contributed by atoms with van der Waals surface area (Å²) in [7, 11) is 1.60. The molecule has 0 saturated carbocycles. The molecule has 0 radical (unpaired) electrons. The van der Waals surface area contributed by atoms with E-state index in [1.54, 1.807) is 7.11 Å². The fourth-order valence-electron chi connectivity index (χ4n) is 1.16. The van der Waals surface area contributed by atoms with Crippen LogP contribution in [0.3, 0.4) is 0 Å². The van der Waals surface area contributed by atoms with Gasteiger partial charge in [-0.05, 0) is 27.7 Å². The number of hydrogen-bond acceptors (Lipinski definition) is 6. The Morgan fingerprint density at radius 1 is 1.24 bits per heavy atom. The summed E-state index contributed by atoms with van der Waals surface area (Å²) < 4.78 is 21.1. The van der Waals surface area contributed by atoms with E-state index in [4.69, 9.17) is 18.7 Å². The van der Waals surface area contributed by atoms with Crippen molar-refractivity contribution in [3.05, 3.63) is 11.7 Å². The standard InChI is InChI=1S/C11H20N2O4/c1-6-15-9(16-7-2)8-12-10(13-17-8)11(3,4)14-5/h9H,6-7H2,1-5H3. The minimum Gasteiger partial charge on any atom is -0.371 e. The van der Waals surface area contributed by atoms with Crippen LogP contribution in [0.25, 0.3) is 0 Å². The Bertz CT molecular complexity index is 332. The molecule has 17 heavy (non-hydrogen) atoms. The fourth-order valence-corrected chi connectivity index (χ4v) is 1.16. The summed E-state index contributed by atoms with van der Waals surface area (Å²) in [4.78, 5) is 4.24. The molecule has 0 N–H and O–H groups in total. The van der Waals surface area contributed by atoms with Gasteiger partial charge in [-0.2, -0.15) is 4.98 Å². The van der Waals surface area contributed by atoms with E-state index >= 15 is 0 Å². The molecule has 0 fully saturated rings. The topological polar surface area (TPSA) is 66.6 Å². The quantitative estimate of drug-likeness (QED) is 0.684. The van der Waals surface area contributed by atoms with Gasteiger partial charge in [0.05, 0.1) is 0 Å². The van der Waals surface area contributed by atoms with Gasteiger partial charge in [0.15, 0.2) is 0 Å². The molecule has 1 aromatic heterocycles. The largest absolute Gasteiger partial charge is 0.371 e. The molecule has 0 spiro atoms. The van der Waals surface area contributed by atoms with Crippen LogP contribution in [-0.4, -0.2) is 30.5 Å². The smallest absolute Gasteiger partial charge is 0.283 e. The normalized spacial score (nSPS) is 12.4. The van der Waals surface area contributed by atoms with E-state index in [2.05, 4.69) is 10.1 Å². The lowest BCUT2D eigenvalue weighted by molar-refractivity contribution is -0.155. The maximum absolute atomic E-state index is 5.37. The minimum atomic E-state index is -0.612. The second-order valence-corrected chi connectivity index (χ2v) is 3.91. The number of hydrogen-bond donors (Lipinski definition) is 0. The van der Waals surface area contributed by atoms with Crippen molar-refractivity contribution in [2.75, 3.05) is 20.3 Å². The van der Waals surface area contributed by atoms with Gasteiger partial charge in [0.1, 0.15) is 5.60 Å². The Labute approximate surface area is 101 Å². The van der Waals surface area contributed by atoms with Gasteiger partial charge in [0, 0.05) is 20.3 Å². The molecule has 0 bridgehead atoms. The molecule has 1 aromatic rings. The Morgan fingerprint density at radius 3 is 2.29 bits per heavy atom. The summed E-state index contributed by atoms with van der Waals surface area (Å²) in [5.74, 6) is 0.785. The molecule has 98 valence electrons. The van der Waals surface area contributed by atoms with E-state index < -0.39 is 11.9 Å². The van der Waals surface area contributed by atoms with E-state index in [-0.39, 0.29) is 0 Å². The first-order valence-corrected chi connectivity index (χ1v) is 5.67. The van der Waals surface area contributed by atoms with Crippen molar-refractivity contribution in [3.8, 4) is 0 Å². The molecular weight excluding hydrogens is 224 g/mol. The van der Waals surface area contributed by atoms with Crippen LogP contribution in [0.15, 0.2) is 4.52 Å². The number of methoxy groups -OCH3 is 1.